The van der Waals surface area contributed by atoms with E-state index in [1.807, 2.05) is 18.2 Å². The quantitative estimate of drug-likeness (QED) is 0.525. The predicted octanol–water partition coefficient (Wildman–Crippen LogP) is 3.54. The summed E-state index contributed by atoms with van der Waals surface area (Å²) in [6.07, 6.45) is 0.498. The Morgan fingerprint density at radius 1 is 1.15 bits per heavy atom. The van der Waals surface area contributed by atoms with E-state index in [0.717, 1.165) is 22.2 Å². The third kappa shape index (κ3) is 3.95. The van der Waals surface area contributed by atoms with E-state index in [2.05, 4.69) is 15.6 Å². The van der Waals surface area contributed by atoms with Crippen molar-refractivity contribution in [2.24, 2.45) is 0 Å². The first-order chi connectivity index (χ1) is 13.0. The van der Waals surface area contributed by atoms with E-state index in [0.29, 0.717) is 29.4 Å². The first kappa shape index (κ1) is 18.1. The molecule has 0 saturated heterocycles. The Hall–Kier alpha value is -3.68. The highest BCUT2D eigenvalue weighted by atomic mass is 16.5. The van der Waals surface area contributed by atoms with Gasteiger partial charge in [0.25, 0.3) is 0 Å². The maximum Gasteiger partial charge on any atom is 0.409 e. The van der Waals surface area contributed by atoms with Gasteiger partial charge in [-0.2, -0.15) is 0 Å². The largest absolute Gasteiger partial charge is 0.493 e. The van der Waals surface area contributed by atoms with Gasteiger partial charge in [0.15, 0.2) is 11.5 Å². The van der Waals surface area contributed by atoms with E-state index in [1.165, 1.54) is 0 Å². The minimum Gasteiger partial charge on any atom is -0.493 e. The molecule has 0 aliphatic carbocycles. The minimum absolute atomic E-state index is 0.505. The van der Waals surface area contributed by atoms with Crippen molar-refractivity contribution in [3.63, 3.8) is 0 Å². The van der Waals surface area contributed by atoms with Crippen molar-refractivity contribution in [2.75, 3.05) is 30.6 Å². The molecule has 0 atom stereocenters. The van der Waals surface area contributed by atoms with E-state index in [-0.39, 0.29) is 0 Å². The van der Waals surface area contributed by atoms with Gasteiger partial charge in [-0.15, -0.1) is 0 Å². The highest BCUT2D eigenvalue weighted by Crippen LogP contribution is 2.36. The maximum atomic E-state index is 10.7. The molecule has 1 heterocycles. The van der Waals surface area contributed by atoms with Gasteiger partial charge in [-0.1, -0.05) is 12.1 Å². The number of carboxylic acid groups (broad SMARTS) is 1. The van der Waals surface area contributed by atoms with Crippen LogP contribution in [-0.2, 0) is 6.54 Å². The van der Waals surface area contributed by atoms with Crippen LogP contribution in [0.15, 0.2) is 42.6 Å². The molecular formula is C19H20N4O4. The van der Waals surface area contributed by atoms with Crippen LogP contribution in [0.25, 0.3) is 10.9 Å². The third-order valence-electron chi connectivity index (χ3n) is 4.08. The number of nitrogen functional groups attached to an aromatic ring is 1. The van der Waals surface area contributed by atoms with Crippen LogP contribution < -0.4 is 25.8 Å². The van der Waals surface area contributed by atoms with Crippen LogP contribution in [0.4, 0.5) is 21.9 Å². The van der Waals surface area contributed by atoms with Crippen molar-refractivity contribution >= 4 is 34.1 Å². The van der Waals surface area contributed by atoms with Crippen LogP contribution in [0.1, 0.15) is 5.56 Å². The summed E-state index contributed by atoms with van der Waals surface area (Å²) < 4.78 is 10.7. The van der Waals surface area contributed by atoms with Gasteiger partial charge < -0.3 is 25.6 Å². The van der Waals surface area contributed by atoms with E-state index >= 15 is 0 Å². The van der Waals surface area contributed by atoms with Gasteiger partial charge in [0, 0.05) is 23.7 Å². The van der Waals surface area contributed by atoms with Crippen molar-refractivity contribution in [1.29, 1.82) is 0 Å². The minimum atomic E-state index is -1.10. The summed E-state index contributed by atoms with van der Waals surface area (Å²) in [5.74, 6) is 1.18. The Kier molecular flexibility index (Phi) is 5.16. The SMILES string of the molecule is COc1cc2ncc(N)c(NCc3ccc(NC(=O)O)cc3)c2cc1OC. The lowest BCUT2D eigenvalue weighted by Crippen LogP contribution is -2.07. The molecule has 0 aliphatic heterocycles. The number of hydrogen-bond acceptors (Lipinski definition) is 6. The number of rotatable bonds is 6. The molecule has 0 unspecified atom stereocenters. The lowest BCUT2D eigenvalue weighted by molar-refractivity contribution is 0.209. The number of hydrogen-bond donors (Lipinski definition) is 4. The Bertz CT molecular complexity index is 974. The summed E-state index contributed by atoms with van der Waals surface area (Å²) in [5, 5.41) is 15.2. The standard InChI is InChI=1S/C19H20N4O4/c1-26-16-7-13-15(8-17(16)27-2)21-10-14(20)18(13)22-9-11-3-5-12(6-4-11)23-19(24)25/h3-8,10,23H,9,20H2,1-2H3,(H,21,22)(H,24,25). The number of nitrogens with two attached hydrogens (primary N) is 1. The number of pyridine rings is 1. The lowest BCUT2D eigenvalue weighted by atomic mass is 10.1. The van der Waals surface area contributed by atoms with Crippen LogP contribution in [0.2, 0.25) is 0 Å². The number of nitrogens with one attached hydrogen (secondary N) is 2. The first-order valence-electron chi connectivity index (χ1n) is 8.14. The number of aromatic nitrogens is 1. The van der Waals surface area contributed by atoms with E-state index in [4.69, 9.17) is 20.3 Å². The monoisotopic (exact) mass is 368 g/mol. The molecule has 0 bridgehead atoms. The van der Waals surface area contributed by atoms with Crippen molar-refractivity contribution in [1.82, 2.24) is 4.98 Å². The third-order valence-corrected chi connectivity index (χ3v) is 4.08. The number of anilines is 3. The average Bonchev–Trinajstić information content (AvgIpc) is 2.67. The molecule has 8 heteroatoms. The highest BCUT2D eigenvalue weighted by molar-refractivity contribution is 5.98. The zero-order valence-corrected chi connectivity index (χ0v) is 14.9. The topological polar surface area (TPSA) is 119 Å². The fraction of sp³-hybridized carbons (Fsp3) is 0.158. The van der Waals surface area contributed by atoms with E-state index in [9.17, 15) is 4.79 Å². The predicted molar refractivity (Wildman–Crippen MR) is 105 cm³/mol. The van der Waals surface area contributed by atoms with Crippen molar-refractivity contribution in [3.8, 4) is 11.5 Å². The molecule has 1 amide bonds. The second kappa shape index (κ2) is 7.69. The number of ether oxygens (including phenoxy) is 2. The molecule has 0 fully saturated rings. The van der Waals surface area contributed by atoms with E-state index in [1.54, 1.807) is 38.6 Å². The zero-order valence-electron chi connectivity index (χ0n) is 14.9. The molecule has 0 radical (unpaired) electrons. The number of carbonyl (C=O) groups is 1. The smallest absolute Gasteiger partial charge is 0.409 e. The second-order valence-corrected chi connectivity index (χ2v) is 5.79. The van der Waals surface area contributed by atoms with Crippen LogP contribution in [0.3, 0.4) is 0 Å². The summed E-state index contributed by atoms with van der Waals surface area (Å²) in [6, 6.07) is 10.7. The van der Waals surface area contributed by atoms with E-state index < -0.39 is 6.09 Å². The molecule has 5 N–H and O–H groups in total. The number of fused-ring (bicyclic) bond motifs is 1. The molecule has 3 rings (SSSR count). The summed E-state index contributed by atoms with van der Waals surface area (Å²) in [7, 11) is 3.15. The number of methoxy groups -OCH3 is 2. The number of nitrogens with zero attached hydrogens (tertiary/aromatic N) is 1. The first-order valence-corrected chi connectivity index (χ1v) is 8.14. The fourth-order valence-corrected chi connectivity index (χ4v) is 2.75. The van der Waals surface area contributed by atoms with Crippen LogP contribution in [-0.4, -0.2) is 30.4 Å². The molecule has 0 aliphatic rings. The molecular weight excluding hydrogens is 348 g/mol. The van der Waals surface area contributed by atoms with Crippen LogP contribution in [0, 0.1) is 0 Å². The highest BCUT2D eigenvalue weighted by Gasteiger charge is 2.12. The lowest BCUT2D eigenvalue weighted by Gasteiger charge is -2.15. The maximum absolute atomic E-state index is 10.7. The zero-order chi connectivity index (χ0) is 19.4. The Morgan fingerprint density at radius 2 is 1.81 bits per heavy atom. The fourth-order valence-electron chi connectivity index (χ4n) is 2.75. The van der Waals surface area contributed by atoms with Gasteiger partial charge in [0.2, 0.25) is 0 Å². The second-order valence-electron chi connectivity index (χ2n) is 5.79. The normalized spacial score (nSPS) is 10.4. The van der Waals surface area contributed by atoms with Crippen molar-refractivity contribution < 1.29 is 19.4 Å². The Balaban J connectivity index is 1.87. The van der Waals surface area contributed by atoms with Gasteiger partial charge in [0.05, 0.1) is 37.3 Å². The molecule has 8 nitrogen and oxygen atoms in total. The van der Waals surface area contributed by atoms with Gasteiger partial charge in [-0.3, -0.25) is 10.3 Å². The van der Waals surface area contributed by atoms with Crippen LogP contribution >= 0.6 is 0 Å². The molecule has 0 spiro atoms. The summed E-state index contributed by atoms with van der Waals surface area (Å²) >= 11 is 0. The van der Waals surface area contributed by atoms with Crippen molar-refractivity contribution in [3.05, 3.63) is 48.2 Å². The molecule has 2 aromatic carbocycles. The average molecular weight is 368 g/mol. The summed E-state index contributed by atoms with van der Waals surface area (Å²) in [4.78, 5) is 15.0. The molecule has 140 valence electrons. The summed E-state index contributed by atoms with van der Waals surface area (Å²) in [5.41, 5.74) is 9.58. The van der Waals surface area contributed by atoms with Gasteiger partial charge in [0.1, 0.15) is 0 Å². The van der Waals surface area contributed by atoms with Gasteiger partial charge >= 0.3 is 6.09 Å². The molecule has 0 saturated carbocycles. The molecule has 1 aromatic heterocycles. The molecule has 27 heavy (non-hydrogen) atoms. The van der Waals surface area contributed by atoms with Gasteiger partial charge in [-0.05, 0) is 23.8 Å². The Morgan fingerprint density at radius 3 is 2.44 bits per heavy atom. The number of benzene rings is 2. The Labute approximate surface area is 155 Å². The van der Waals surface area contributed by atoms with Gasteiger partial charge in [-0.25, -0.2) is 4.79 Å². The number of amides is 1. The molecule has 3 aromatic rings. The van der Waals surface area contributed by atoms with Crippen LogP contribution in [0.5, 0.6) is 11.5 Å². The summed E-state index contributed by atoms with van der Waals surface area (Å²) in [6.45, 7) is 0.505. The van der Waals surface area contributed by atoms with Crippen molar-refractivity contribution in [2.45, 2.75) is 6.54 Å².